The van der Waals surface area contributed by atoms with Crippen molar-refractivity contribution in [2.45, 2.75) is 65.3 Å². The lowest BCUT2D eigenvalue weighted by molar-refractivity contribution is -0.143. The van der Waals surface area contributed by atoms with Crippen molar-refractivity contribution in [2.24, 2.45) is 5.92 Å². The number of carbonyl (C=O) groups is 2. The van der Waals surface area contributed by atoms with Crippen molar-refractivity contribution in [1.82, 2.24) is 5.32 Å². The van der Waals surface area contributed by atoms with Crippen LogP contribution in [-0.4, -0.2) is 23.0 Å². The first kappa shape index (κ1) is 15.9. The van der Waals surface area contributed by atoms with Gasteiger partial charge in [-0.1, -0.05) is 46.5 Å². The SMILES string of the molecule is CCCCCCCC(=O)N[C@H](C(=O)O)C(C)C. The number of amides is 1. The van der Waals surface area contributed by atoms with Crippen LogP contribution in [0.4, 0.5) is 0 Å². The summed E-state index contributed by atoms with van der Waals surface area (Å²) in [6.07, 6.45) is 5.85. The molecule has 0 unspecified atom stereocenters. The van der Waals surface area contributed by atoms with Crippen molar-refractivity contribution >= 4 is 11.9 Å². The molecule has 0 spiro atoms. The third kappa shape index (κ3) is 7.77. The summed E-state index contributed by atoms with van der Waals surface area (Å²) in [5.74, 6) is -1.20. The van der Waals surface area contributed by atoms with Crippen LogP contribution in [0, 0.1) is 5.92 Å². The maximum Gasteiger partial charge on any atom is 0.326 e. The van der Waals surface area contributed by atoms with E-state index in [1.165, 1.54) is 12.8 Å². The smallest absolute Gasteiger partial charge is 0.326 e. The molecule has 0 saturated carbocycles. The highest BCUT2D eigenvalue weighted by Crippen LogP contribution is 2.06. The monoisotopic (exact) mass is 243 g/mol. The molecule has 0 bridgehead atoms. The Bertz CT molecular complexity index is 239. The van der Waals surface area contributed by atoms with Crippen molar-refractivity contribution in [3.8, 4) is 0 Å². The van der Waals surface area contributed by atoms with Crippen molar-refractivity contribution < 1.29 is 14.7 Å². The van der Waals surface area contributed by atoms with Crippen molar-refractivity contribution in [2.75, 3.05) is 0 Å². The summed E-state index contributed by atoms with van der Waals surface area (Å²) < 4.78 is 0. The molecule has 0 fully saturated rings. The number of nitrogens with one attached hydrogen (secondary N) is 1. The maximum absolute atomic E-state index is 11.5. The van der Waals surface area contributed by atoms with Crippen LogP contribution in [-0.2, 0) is 9.59 Å². The molecule has 0 heterocycles. The lowest BCUT2D eigenvalue weighted by Gasteiger charge is -2.17. The van der Waals surface area contributed by atoms with Crippen LogP contribution in [0.15, 0.2) is 0 Å². The number of carbonyl (C=O) groups excluding carboxylic acids is 1. The van der Waals surface area contributed by atoms with Crippen molar-refractivity contribution in [1.29, 1.82) is 0 Å². The molecule has 0 aromatic carbocycles. The van der Waals surface area contributed by atoms with Gasteiger partial charge in [0.05, 0.1) is 0 Å². The topological polar surface area (TPSA) is 66.4 Å². The van der Waals surface area contributed by atoms with Gasteiger partial charge in [0.15, 0.2) is 0 Å². The highest BCUT2D eigenvalue weighted by molar-refractivity contribution is 5.83. The van der Waals surface area contributed by atoms with E-state index >= 15 is 0 Å². The Morgan fingerprint density at radius 2 is 1.71 bits per heavy atom. The van der Waals surface area contributed by atoms with Gasteiger partial charge in [-0.05, 0) is 12.3 Å². The molecule has 2 N–H and O–H groups in total. The van der Waals surface area contributed by atoms with Crippen LogP contribution in [0.1, 0.15) is 59.3 Å². The van der Waals surface area contributed by atoms with E-state index < -0.39 is 12.0 Å². The number of carboxylic acids is 1. The van der Waals surface area contributed by atoms with E-state index in [0.29, 0.717) is 6.42 Å². The van der Waals surface area contributed by atoms with E-state index in [2.05, 4.69) is 12.2 Å². The number of hydrogen-bond donors (Lipinski definition) is 2. The Labute approximate surface area is 104 Å². The van der Waals surface area contributed by atoms with E-state index in [4.69, 9.17) is 5.11 Å². The normalized spacial score (nSPS) is 12.5. The zero-order chi connectivity index (χ0) is 13.3. The molecular weight excluding hydrogens is 218 g/mol. The zero-order valence-corrected chi connectivity index (χ0v) is 11.2. The largest absolute Gasteiger partial charge is 0.480 e. The highest BCUT2D eigenvalue weighted by Gasteiger charge is 2.22. The highest BCUT2D eigenvalue weighted by atomic mass is 16.4. The average molecular weight is 243 g/mol. The fraction of sp³-hybridized carbons (Fsp3) is 0.846. The second kappa shape index (κ2) is 9.02. The summed E-state index contributed by atoms with van der Waals surface area (Å²) in [5.41, 5.74) is 0. The lowest BCUT2D eigenvalue weighted by Crippen LogP contribution is -2.44. The Morgan fingerprint density at radius 1 is 1.12 bits per heavy atom. The van der Waals surface area contributed by atoms with Crippen LogP contribution >= 0.6 is 0 Å². The second-order valence-electron chi connectivity index (χ2n) is 4.79. The summed E-state index contributed by atoms with van der Waals surface area (Å²) in [7, 11) is 0. The van der Waals surface area contributed by atoms with Gasteiger partial charge in [0.2, 0.25) is 5.91 Å². The molecule has 1 atom stereocenters. The predicted octanol–water partition coefficient (Wildman–Crippen LogP) is 2.57. The molecule has 0 rings (SSSR count). The van der Waals surface area contributed by atoms with E-state index in [1.54, 1.807) is 13.8 Å². The number of hydrogen-bond acceptors (Lipinski definition) is 2. The van der Waals surface area contributed by atoms with Gasteiger partial charge in [-0.3, -0.25) is 4.79 Å². The minimum atomic E-state index is -0.959. The third-order valence-corrected chi connectivity index (χ3v) is 2.76. The summed E-state index contributed by atoms with van der Waals surface area (Å²) in [6, 6.07) is -0.766. The van der Waals surface area contributed by atoms with Crippen molar-refractivity contribution in [3.63, 3.8) is 0 Å². The number of aliphatic carboxylic acids is 1. The molecular formula is C13H25NO3. The zero-order valence-electron chi connectivity index (χ0n) is 11.2. The van der Waals surface area contributed by atoms with Crippen molar-refractivity contribution in [3.05, 3.63) is 0 Å². The van der Waals surface area contributed by atoms with E-state index in [-0.39, 0.29) is 11.8 Å². The third-order valence-electron chi connectivity index (χ3n) is 2.76. The summed E-state index contributed by atoms with van der Waals surface area (Å²) >= 11 is 0. The van der Waals surface area contributed by atoms with Crippen LogP contribution in [0.3, 0.4) is 0 Å². The van der Waals surface area contributed by atoms with Gasteiger partial charge in [0.25, 0.3) is 0 Å². The first-order valence-corrected chi connectivity index (χ1v) is 6.51. The molecule has 4 heteroatoms. The van der Waals surface area contributed by atoms with Crippen LogP contribution in [0.5, 0.6) is 0 Å². The Hall–Kier alpha value is -1.06. The van der Waals surface area contributed by atoms with Gasteiger partial charge < -0.3 is 10.4 Å². The first-order chi connectivity index (χ1) is 7.99. The van der Waals surface area contributed by atoms with Gasteiger partial charge in [-0.2, -0.15) is 0 Å². The minimum absolute atomic E-state index is 0.0865. The van der Waals surface area contributed by atoms with Gasteiger partial charge in [0, 0.05) is 6.42 Å². The Morgan fingerprint density at radius 3 is 2.18 bits per heavy atom. The minimum Gasteiger partial charge on any atom is -0.480 e. The molecule has 0 aliphatic rings. The van der Waals surface area contributed by atoms with Gasteiger partial charge in [-0.15, -0.1) is 0 Å². The molecule has 17 heavy (non-hydrogen) atoms. The van der Waals surface area contributed by atoms with E-state index in [0.717, 1.165) is 19.3 Å². The standard InChI is InChI=1S/C13H25NO3/c1-4-5-6-7-8-9-11(15)14-12(10(2)3)13(16)17/h10,12H,4-9H2,1-3H3,(H,14,15)(H,16,17)/t12-/m0/s1. The molecule has 0 aliphatic heterocycles. The number of rotatable bonds is 9. The van der Waals surface area contributed by atoms with Gasteiger partial charge in [-0.25, -0.2) is 4.79 Å². The second-order valence-corrected chi connectivity index (χ2v) is 4.79. The van der Waals surface area contributed by atoms with Gasteiger partial charge in [0.1, 0.15) is 6.04 Å². The Balaban J connectivity index is 3.80. The van der Waals surface area contributed by atoms with Gasteiger partial charge >= 0.3 is 5.97 Å². The lowest BCUT2D eigenvalue weighted by atomic mass is 10.0. The number of unbranched alkanes of at least 4 members (excludes halogenated alkanes) is 4. The quantitative estimate of drug-likeness (QED) is 0.612. The van der Waals surface area contributed by atoms with Crippen LogP contribution in [0.2, 0.25) is 0 Å². The molecule has 0 aromatic heterocycles. The summed E-state index contributed by atoms with van der Waals surface area (Å²) in [4.78, 5) is 22.4. The first-order valence-electron chi connectivity index (χ1n) is 6.51. The molecule has 0 radical (unpaired) electrons. The summed E-state index contributed by atoms with van der Waals surface area (Å²) in [6.45, 7) is 5.73. The van der Waals surface area contributed by atoms with Crippen LogP contribution in [0.25, 0.3) is 0 Å². The number of carboxylic acid groups (broad SMARTS) is 1. The van der Waals surface area contributed by atoms with Crippen LogP contribution < -0.4 is 5.32 Å². The average Bonchev–Trinajstić information content (AvgIpc) is 2.24. The summed E-state index contributed by atoms with van der Waals surface area (Å²) in [5, 5.41) is 11.5. The molecule has 0 aliphatic carbocycles. The fourth-order valence-corrected chi connectivity index (χ4v) is 1.65. The Kier molecular flexibility index (Phi) is 8.46. The molecule has 4 nitrogen and oxygen atoms in total. The molecule has 0 saturated heterocycles. The maximum atomic E-state index is 11.5. The molecule has 0 aromatic rings. The molecule has 100 valence electrons. The van der Waals surface area contributed by atoms with E-state index in [9.17, 15) is 9.59 Å². The molecule has 1 amide bonds. The fourth-order valence-electron chi connectivity index (χ4n) is 1.65. The van der Waals surface area contributed by atoms with E-state index in [1.807, 2.05) is 0 Å². The predicted molar refractivity (Wildman–Crippen MR) is 67.8 cm³/mol.